The van der Waals surface area contributed by atoms with E-state index in [1.54, 1.807) is 0 Å². The van der Waals surface area contributed by atoms with Gasteiger partial charge in [0.2, 0.25) is 0 Å². The van der Waals surface area contributed by atoms with Crippen LogP contribution >= 0.6 is 15.9 Å². The first-order valence-electron chi connectivity index (χ1n) is 6.42. The van der Waals surface area contributed by atoms with E-state index in [2.05, 4.69) is 39.6 Å². The molecule has 0 aromatic rings. The number of rotatable bonds is 7. The minimum Gasteiger partial charge on any atom is -0.374 e. The van der Waals surface area contributed by atoms with Crippen molar-refractivity contribution in [3.8, 4) is 0 Å². The lowest BCUT2D eigenvalue weighted by Crippen LogP contribution is -2.47. The van der Waals surface area contributed by atoms with Gasteiger partial charge in [0, 0.05) is 25.0 Å². The summed E-state index contributed by atoms with van der Waals surface area (Å²) in [5, 5.41) is 1.09. The van der Waals surface area contributed by atoms with E-state index in [1.807, 2.05) is 0 Å². The van der Waals surface area contributed by atoms with E-state index in [-0.39, 0.29) is 0 Å². The maximum Gasteiger partial charge on any atom is 0.0829 e. The number of likely N-dealkylation sites (N-methyl/N-ethyl adjacent to an activating group) is 2. The predicted molar refractivity (Wildman–Crippen MR) is 72.4 cm³/mol. The third kappa shape index (κ3) is 5.13. The van der Waals surface area contributed by atoms with E-state index in [9.17, 15) is 0 Å². The summed E-state index contributed by atoms with van der Waals surface area (Å²) in [5.41, 5.74) is 0. The lowest BCUT2D eigenvalue weighted by Gasteiger charge is -2.34. The lowest BCUT2D eigenvalue weighted by atomic mass is 10.2. The second kappa shape index (κ2) is 8.45. The van der Waals surface area contributed by atoms with Crippen LogP contribution in [0.15, 0.2) is 0 Å². The molecule has 0 amide bonds. The monoisotopic (exact) mass is 292 g/mol. The minimum absolute atomic E-state index is 0.406. The average molecular weight is 293 g/mol. The van der Waals surface area contributed by atoms with Gasteiger partial charge in [-0.1, -0.05) is 29.8 Å². The summed E-state index contributed by atoms with van der Waals surface area (Å²) >= 11 is 3.49. The first-order valence-corrected chi connectivity index (χ1v) is 7.54. The second-order valence-electron chi connectivity index (χ2n) is 4.32. The molecule has 0 aliphatic carbocycles. The van der Waals surface area contributed by atoms with Crippen LogP contribution in [0.5, 0.6) is 0 Å². The molecule has 1 saturated heterocycles. The second-order valence-corrected chi connectivity index (χ2v) is 5.11. The van der Waals surface area contributed by atoms with E-state index in [0.29, 0.717) is 6.10 Å². The Labute approximate surface area is 108 Å². The van der Waals surface area contributed by atoms with Gasteiger partial charge in [-0.05, 0) is 26.1 Å². The fourth-order valence-corrected chi connectivity index (χ4v) is 2.38. The van der Waals surface area contributed by atoms with E-state index in [1.165, 1.54) is 13.0 Å². The summed E-state index contributed by atoms with van der Waals surface area (Å²) in [5.74, 6) is 0. The molecular formula is C12H25BrN2O. The number of alkyl halides is 1. The highest BCUT2D eigenvalue weighted by Crippen LogP contribution is 2.07. The zero-order valence-corrected chi connectivity index (χ0v) is 12.2. The van der Waals surface area contributed by atoms with Gasteiger partial charge in [-0.15, -0.1) is 0 Å². The van der Waals surface area contributed by atoms with Crippen molar-refractivity contribution in [2.45, 2.75) is 26.4 Å². The Balaban J connectivity index is 2.27. The molecule has 0 aromatic carbocycles. The number of hydrogen-bond acceptors (Lipinski definition) is 3. The number of halogens is 1. The highest BCUT2D eigenvalue weighted by molar-refractivity contribution is 9.09. The van der Waals surface area contributed by atoms with Gasteiger partial charge in [0.25, 0.3) is 0 Å². The molecule has 1 rings (SSSR count). The van der Waals surface area contributed by atoms with Gasteiger partial charge < -0.3 is 9.64 Å². The molecule has 0 N–H and O–H groups in total. The molecule has 1 aliphatic rings. The van der Waals surface area contributed by atoms with Crippen molar-refractivity contribution in [2.75, 3.05) is 51.2 Å². The lowest BCUT2D eigenvalue weighted by molar-refractivity contribution is -0.0411. The van der Waals surface area contributed by atoms with Crippen LogP contribution in [0.1, 0.15) is 20.3 Å². The van der Waals surface area contributed by atoms with Crippen LogP contribution < -0.4 is 0 Å². The van der Waals surface area contributed by atoms with Crippen LogP contribution in [0, 0.1) is 0 Å². The van der Waals surface area contributed by atoms with Crippen molar-refractivity contribution in [3.05, 3.63) is 0 Å². The maximum absolute atomic E-state index is 5.83. The average Bonchev–Trinajstić information content (AvgIpc) is 2.34. The molecule has 1 unspecified atom stereocenters. The first kappa shape index (κ1) is 14.4. The van der Waals surface area contributed by atoms with Crippen molar-refractivity contribution in [1.82, 2.24) is 9.80 Å². The van der Waals surface area contributed by atoms with Gasteiger partial charge >= 0.3 is 0 Å². The summed E-state index contributed by atoms with van der Waals surface area (Å²) in [4.78, 5) is 4.97. The molecule has 4 heteroatoms. The molecule has 1 aliphatic heterocycles. The zero-order chi connectivity index (χ0) is 11.8. The molecule has 0 saturated carbocycles. The minimum atomic E-state index is 0.406. The maximum atomic E-state index is 5.83. The Kier molecular flexibility index (Phi) is 7.62. The summed E-state index contributed by atoms with van der Waals surface area (Å²) in [7, 11) is 0. The number of hydrogen-bond donors (Lipinski definition) is 0. The molecule has 1 heterocycles. The topological polar surface area (TPSA) is 15.7 Å². The van der Waals surface area contributed by atoms with Crippen LogP contribution in [-0.4, -0.2) is 67.1 Å². The fourth-order valence-electron chi connectivity index (χ4n) is 2.13. The van der Waals surface area contributed by atoms with E-state index in [4.69, 9.17) is 4.74 Å². The number of morpholine rings is 1. The van der Waals surface area contributed by atoms with Gasteiger partial charge in [-0.3, -0.25) is 4.90 Å². The number of nitrogens with zero attached hydrogens (tertiary/aromatic N) is 2. The van der Waals surface area contributed by atoms with Crippen molar-refractivity contribution in [3.63, 3.8) is 0 Å². The van der Waals surface area contributed by atoms with Crippen molar-refractivity contribution in [1.29, 1.82) is 0 Å². The highest BCUT2D eigenvalue weighted by atomic mass is 79.9. The Bertz CT molecular complexity index is 180. The molecule has 1 atom stereocenters. The third-order valence-corrected chi connectivity index (χ3v) is 3.75. The van der Waals surface area contributed by atoms with E-state index in [0.717, 1.165) is 44.7 Å². The summed E-state index contributed by atoms with van der Waals surface area (Å²) < 4.78 is 5.83. The Hall–Kier alpha value is 0.360. The number of ether oxygens (including phenoxy) is 1. The summed E-state index contributed by atoms with van der Waals surface area (Å²) in [6.45, 7) is 12.1. The van der Waals surface area contributed by atoms with Crippen molar-refractivity contribution >= 4 is 15.9 Å². The molecule has 0 radical (unpaired) electrons. The van der Waals surface area contributed by atoms with E-state index < -0.39 is 0 Å². The van der Waals surface area contributed by atoms with Crippen LogP contribution in [0.3, 0.4) is 0 Å². The quantitative estimate of drug-likeness (QED) is 0.666. The Morgan fingerprint density at radius 2 is 2.25 bits per heavy atom. The van der Waals surface area contributed by atoms with Gasteiger partial charge in [0.05, 0.1) is 12.7 Å². The molecule has 0 bridgehead atoms. The van der Waals surface area contributed by atoms with Crippen LogP contribution in [0.2, 0.25) is 0 Å². The Morgan fingerprint density at radius 3 is 2.88 bits per heavy atom. The summed E-state index contributed by atoms with van der Waals surface area (Å²) in [6, 6.07) is 0. The van der Waals surface area contributed by atoms with E-state index >= 15 is 0 Å². The van der Waals surface area contributed by atoms with Crippen LogP contribution in [0.4, 0.5) is 0 Å². The molecular weight excluding hydrogens is 268 g/mol. The molecule has 0 spiro atoms. The highest BCUT2D eigenvalue weighted by Gasteiger charge is 2.20. The van der Waals surface area contributed by atoms with Gasteiger partial charge in [-0.25, -0.2) is 0 Å². The smallest absolute Gasteiger partial charge is 0.0829 e. The van der Waals surface area contributed by atoms with Crippen LogP contribution in [0.25, 0.3) is 0 Å². The van der Waals surface area contributed by atoms with Gasteiger partial charge in [0.1, 0.15) is 0 Å². The summed E-state index contributed by atoms with van der Waals surface area (Å²) in [6.07, 6.45) is 1.63. The largest absolute Gasteiger partial charge is 0.374 e. The normalized spacial score (nSPS) is 22.9. The molecule has 0 aromatic heterocycles. The van der Waals surface area contributed by atoms with Gasteiger partial charge in [0.15, 0.2) is 0 Å². The van der Waals surface area contributed by atoms with Gasteiger partial charge in [-0.2, -0.15) is 0 Å². The third-order valence-electron chi connectivity index (χ3n) is 3.19. The Morgan fingerprint density at radius 1 is 1.44 bits per heavy atom. The van der Waals surface area contributed by atoms with Crippen LogP contribution in [-0.2, 0) is 4.74 Å². The predicted octanol–water partition coefficient (Wildman–Crippen LogP) is 1.81. The molecule has 16 heavy (non-hydrogen) atoms. The molecule has 1 fully saturated rings. The van der Waals surface area contributed by atoms with Crippen molar-refractivity contribution < 1.29 is 4.74 Å². The SMILES string of the molecule is CCN(CCCBr)CC1CN(CC)CCO1. The standard InChI is InChI=1S/C12H25BrN2O/c1-3-14(7-5-6-13)10-12-11-15(4-2)8-9-16-12/h12H,3-11H2,1-2H3. The molecule has 3 nitrogen and oxygen atoms in total. The first-order chi connectivity index (χ1) is 7.80. The fraction of sp³-hybridized carbons (Fsp3) is 1.00. The zero-order valence-electron chi connectivity index (χ0n) is 10.6. The molecule has 96 valence electrons. The van der Waals surface area contributed by atoms with Crippen molar-refractivity contribution in [2.24, 2.45) is 0 Å².